The highest BCUT2D eigenvalue weighted by atomic mass is 16.7. The van der Waals surface area contributed by atoms with E-state index in [4.69, 9.17) is 9.47 Å². The van der Waals surface area contributed by atoms with Crippen molar-refractivity contribution in [2.75, 3.05) is 0 Å². The highest BCUT2D eigenvalue weighted by molar-refractivity contribution is 5.88. The van der Waals surface area contributed by atoms with Crippen molar-refractivity contribution in [1.29, 1.82) is 0 Å². The molecule has 1 aliphatic heterocycles. The average Bonchev–Trinajstić information content (AvgIpc) is 1.79. The smallest absolute Gasteiger partial charge is 0.340 e. The predicted molar refractivity (Wildman–Crippen MR) is 35.0 cm³/mol. The molecule has 3 nitrogen and oxygen atoms in total. The van der Waals surface area contributed by atoms with Crippen LogP contribution in [0.4, 0.5) is 0 Å². The van der Waals surface area contributed by atoms with Gasteiger partial charge < -0.3 is 9.47 Å². The summed E-state index contributed by atoms with van der Waals surface area (Å²) >= 11 is 0. The van der Waals surface area contributed by atoms with Crippen molar-refractivity contribution < 1.29 is 14.3 Å². The molecule has 0 aromatic heterocycles. The molecule has 0 aliphatic carbocycles. The second-order valence-electron chi connectivity index (χ2n) is 2.71. The second kappa shape index (κ2) is 2.01. The van der Waals surface area contributed by atoms with Crippen LogP contribution in [0.25, 0.3) is 0 Å². The summed E-state index contributed by atoms with van der Waals surface area (Å²) in [7, 11) is 0. The zero-order chi connectivity index (χ0) is 7.78. The van der Waals surface area contributed by atoms with Crippen molar-refractivity contribution in [2.45, 2.75) is 26.6 Å². The highest BCUT2D eigenvalue weighted by Crippen LogP contribution is 2.19. The van der Waals surface area contributed by atoms with Gasteiger partial charge in [0.1, 0.15) is 0 Å². The maximum absolute atomic E-state index is 10.8. The molecule has 0 atom stereocenters. The summed E-state index contributed by atoms with van der Waals surface area (Å²) in [5.74, 6) is -1.10. The molecule has 0 saturated heterocycles. The van der Waals surface area contributed by atoms with Crippen molar-refractivity contribution >= 4 is 5.97 Å². The van der Waals surface area contributed by atoms with E-state index in [1.807, 2.05) is 0 Å². The zero-order valence-corrected chi connectivity index (χ0v) is 6.30. The minimum atomic E-state index is -0.795. The topological polar surface area (TPSA) is 35.5 Å². The molecule has 0 bridgehead atoms. The summed E-state index contributed by atoms with van der Waals surface area (Å²) in [5.41, 5.74) is 0.499. The van der Waals surface area contributed by atoms with E-state index in [-0.39, 0.29) is 5.97 Å². The summed E-state index contributed by atoms with van der Waals surface area (Å²) in [4.78, 5) is 10.8. The Kier molecular flexibility index (Phi) is 1.43. The van der Waals surface area contributed by atoms with E-state index in [1.54, 1.807) is 20.8 Å². The number of esters is 1. The van der Waals surface area contributed by atoms with Gasteiger partial charge in [0.25, 0.3) is 0 Å². The molecule has 3 heteroatoms. The Labute approximate surface area is 59.6 Å². The van der Waals surface area contributed by atoms with Crippen LogP contribution in [0, 0.1) is 0 Å². The van der Waals surface area contributed by atoms with Crippen LogP contribution in [0.15, 0.2) is 11.8 Å². The Bertz CT molecular complexity index is 191. The summed E-state index contributed by atoms with van der Waals surface area (Å²) < 4.78 is 9.90. The Morgan fingerprint density at radius 3 is 2.50 bits per heavy atom. The zero-order valence-electron chi connectivity index (χ0n) is 6.30. The first-order valence-electron chi connectivity index (χ1n) is 3.09. The van der Waals surface area contributed by atoms with Gasteiger partial charge in [-0.2, -0.15) is 0 Å². The lowest BCUT2D eigenvalue weighted by atomic mass is 10.3. The molecule has 1 heterocycles. The standard InChI is InChI=1S/C7H10O3/c1-5-4-9-7(2,3)10-6(5)8/h4H,1-3H3. The first-order chi connectivity index (χ1) is 4.51. The molecular formula is C7H10O3. The number of carbonyl (C=O) groups excluding carboxylic acids is 1. The van der Waals surface area contributed by atoms with E-state index in [0.29, 0.717) is 5.57 Å². The molecule has 0 fully saturated rings. The fourth-order valence-corrected chi connectivity index (χ4v) is 0.606. The highest BCUT2D eigenvalue weighted by Gasteiger charge is 2.28. The molecule has 10 heavy (non-hydrogen) atoms. The van der Waals surface area contributed by atoms with Gasteiger partial charge in [0.2, 0.25) is 5.79 Å². The molecule has 0 aromatic carbocycles. The molecule has 1 aliphatic rings. The van der Waals surface area contributed by atoms with Gasteiger partial charge in [-0.1, -0.05) is 0 Å². The molecule has 0 aromatic rings. The lowest BCUT2D eigenvalue weighted by Gasteiger charge is -2.28. The molecule has 0 saturated carbocycles. The molecule has 0 unspecified atom stereocenters. The summed E-state index contributed by atoms with van der Waals surface area (Å²) in [6.07, 6.45) is 1.42. The van der Waals surface area contributed by atoms with Gasteiger partial charge in [0, 0.05) is 13.8 Å². The monoisotopic (exact) mass is 142 g/mol. The largest absolute Gasteiger partial charge is 0.460 e. The van der Waals surface area contributed by atoms with Crippen molar-refractivity contribution in [2.24, 2.45) is 0 Å². The fraction of sp³-hybridized carbons (Fsp3) is 0.571. The van der Waals surface area contributed by atoms with Crippen molar-refractivity contribution in [1.82, 2.24) is 0 Å². The molecule has 0 N–H and O–H groups in total. The van der Waals surface area contributed by atoms with Gasteiger partial charge in [-0.05, 0) is 6.92 Å². The summed E-state index contributed by atoms with van der Waals surface area (Å²) in [5, 5.41) is 0. The van der Waals surface area contributed by atoms with Gasteiger partial charge in [-0.15, -0.1) is 0 Å². The van der Waals surface area contributed by atoms with E-state index in [1.165, 1.54) is 6.26 Å². The summed E-state index contributed by atoms with van der Waals surface area (Å²) in [6, 6.07) is 0. The Morgan fingerprint density at radius 1 is 1.50 bits per heavy atom. The van der Waals surface area contributed by atoms with Crippen LogP contribution < -0.4 is 0 Å². The van der Waals surface area contributed by atoms with E-state index < -0.39 is 5.79 Å². The van der Waals surface area contributed by atoms with Crippen LogP contribution in [0.5, 0.6) is 0 Å². The minimum absolute atomic E-state index is 0.309. The third-order valence-corrected chi connectivity index (χ3v) is 1.18. The van der Waals surface area contributed by atoms with Crippen LogP contribution >= 0.6 is 0 Å². The van der Waals surface area contributed by atoms with Gasteiger partial charge >= 0.3 is 5.97 Å². The quantitative estimate of drug-likeness (QED) is 0.477. The number of rotatable bonds is 0. The third kappa shape index (κ3) is 1.29. The maximum atomic E-state index is 10.8. The molecule has 56 valence electrons. The van der Waals surface area contributed by atoms with Crippen molar-refractivity contribution in [3.05, 3.63) is 11.8 Å². The number of cyclic esters (lactones) is 1. The first kappa shape index (κ1) is 7.12. The lowest BCUT2D eigenvalue weighted by molar-refractivity contribution is -0.201. The molecule has 1 rings (SSSR count). The first-order valence-corrected chi connectivity index (χ1v) is 3.09. The Hall–Kier alpha value is -0.990. The van der Waals surface area contributed by atoms with Gasteiger partial charge in [0.05, 0.1) is 11.8 Å². The maximum Gasteiger partial charge on any atom is 0.340 e. The predicted octanol–water partition coefficient (Wildman–Crippen LogP) is 1.20. The van der Waals surface area contributed by atoms with E-state index in [9.17, 15) is 4.79 Å². The minimum Gasteiger partial charge on any atom is -0.460 e. The number of hydrogen-bond acceptors (Lipinski definition) is 3. The van der Waals surface area contributed by atoms with Crippen molar-refractivity contribution in [3.8, 4) is 0 Å². The molecule has 0 radical (unpaired) electrons. The molecule has 0 spiro atoms. The van der Waals surface area contributed by atoms with Crippen molar-refractivity contribution in [3.63, 3.8) is 0 Å². The molecular weight excluding hydrogens is 132 g/mol. The van der Waals surface area contributed by atoms with Gasteiger partial charge in [-0.25, -0.2) is 4.79 Å². The number of ether oxygens (including phenoxy) is 2. The van der Waals surface area contributed by atoms with Crippen LogP contribution in [-0.2, 0) is 14.3 Å². The van der Waals surface area contributed by atoms with Crippen LogP contribution in [0.1, 0.15) is 20.8 Å². The van der Waals surface area contributed by atoms with E-state index in [2.05, 4.69) is 0 Å². The number of carbonyl (C=O) groups is 1. The van der Waals surface area contributed by atoms with Crippen LogP contribution in [0.3, 0.4) is 0 Å². The molecule has 0 amide bonds. The Balaban J connectivity index is 2.79. The normalized spacial score (nSPS) is 22.7. The van der Waals surface area contributed by atoms with Crippen LogP contribution in [0.2, 0.25) is 0 Å². The van der Waals surface area contributed by atoms with Gasteiger partial charge in [0.15, 0.2) is 0 Å². The van der Waals surface area contributed by atoms with E-state index in [0.717, 1.165) is 0 Å². The fourth-order valence-electron chi connectivity index (χ4n) is 0.606. The average molecular weight is 142 g/mol. The second-order valence-corrected chi connectivity index (χ2v) is 2.71. The number of hydrogen-bond donors (Lipinski definition) is 0. The van der Waals surface area contributed by atoms with Gasteiger partial charge in [-0.3, -0.25) is 0 Å². The Morgan fingerprint density at radius 2 is 2.10 bits per heavy atom. The van der Waals surface area contributed by atoms with Crippen LogP contribution in [-0.4, -0.2) is 11.8 Å². The third-order valence-electron chi connectivity index (χ3n) is 1.18. The SMILES string of the molecule is CC1=COC(C)(C)OC1=O. The summed E-state index contributed by atoms with van der Waals surface area (Å²) in [6.45, 7) is 5.03. The van der Waals surface area contributed by atoms with E-state index >= 15 is 0 Å². The lowest BCUT2D eigenvalue weighted by Crippen LogP contribution is -2.33.